The van der Waals surface area contributed by atoms with Crippen LogP contribution in [0.5, 0.6) is 0 Å². The van der Waals surface area contributed by atoms with Crippen LogP contribution in [0.4, 0.5) is 0 Å². The van der Waals surface area contributed by atoms with Crippen molar-refractivity contribution < 1.29 is 14.3 Å². The van der Waals surface area contributed by atoms with E-state index in [1.54, 1.807) is 25.4 Å². The van der Waals surface area contributed by atoms with E-state index < -0.39 is 5.79 Å². The van der Waals surface area contributed by atoms with E-state index in [2.05, 4.69) is 21.8 Å². The van der Waals surface area contributed by atoms with E-state index >= 15 is 0 Å². The molecule has 2 fully saturated rings. The second-order valence-corrected chi connectivity index (χ2v) is 9.02. The third-order valence-electron chi connectivity index (χ3n) is 6.44. The number of rotatable bonds is 5. The molecule has 1 aliphatic heterocycles. The number of benzene rings is 1. The van der Waals surface area contributed by atoms with Crippen molar-refractivity contribution in [2.24, 2.45) is 0 Å². The van der Waals surface area contributed by atoms with Crippen LogP contribution >= 0.6 is 11.6 Å². The molecule has 2 aliphatic rings. The van der Waals surface area contributed by atoms with E-state index in [0.29, 0.717) is 30.2 Å². The lowest BCUT2D eigenvalue weighted by Crippen LogP contribution is -2.36. The number of hydrogen-bond acceptors (Lipinski definition) is 5. The molecule has 1 saturated carbocycles. The fraction of sp³-hybridized carbons (Fsp3) is 0.400. The highest BCUT2D eigenvalue weighted by Gasteiger charge is 2.41. The van der Waals surface area contributed by atoms with Gasteiger partial charge < -0.3 is 9.47 Å². The molecule has 32 heavy (non-hydrogen) atoms. The van der Waals surface area contributed by atoms with Gasteiger partial charge in [-0.15, -0.1) is 0 Å². The zero-order valence-electron chi connectivity index (χ0n) is 18.1. The summed E-state index contributed by atoms with van der Waals surface area (Å²) in [5, 5.41) is 5.70. The van der Waals surface area contributed by atoms with Gasteiger partial charge in [0.2, 0.25) is 0 Å². The highest BCUT2D eigenvalue weighted by atomic mass is 35.5. The second kappa shape index (κ2) is 8.77. The van der Waals surface area contributed by atoms with E-state index in [9.17, 15) is 4.79 Å². The first-order valence-corrected chi connectivity index (χ1v) is 11.5. The Morgan fingerprint density at radius 3 is 2.69 bits per heavy atom. The Labute approximate surface area is 192 Å². The molecule has 3 heterocycles. The molecule has 1 aromatic carbocycles. The lowest BCUT2D eigenvalue weighted by atomic mass is 9.90. The first kappa shape index (κ1) is 21.3. The first-order valence-electron chi connectivity index (χ1n) is 11.1. The summed E-state index contributed by atoms with van der Waals surface area (Å²) in [6, 6.07) is 12.0. The molecule has 0 unspecified atom stereocenters. The van der Waals surface area contributed by atoms with Gasteiger partial charge in [0.25, 0.3) is 0 Å². The first-order chi connectivity index (χ1) is 15.5. The topological polar surface area (TPSA) is 66.2 Å². The minimum atomic E-state index is -0.408. The average Bonchev–Trinajstić information content (AvgIpc) is 3.42. The number of ether oxygens (including phenoxy) is 2. The number of pyridine rings is 1. The zero-order valence-corrected chi connectivity index (χ0v) is 18.8. The Morgan fingerprint density at radius 2 is 1.97 bits per heavy atom. The predicted octanol–water partition coefficient (Wildman–Crippen LogP) is 5.25. The standard InChI is InChI=1S/C25H26ClN3O3/c1-17(30)23-7-10-27-16-19(23)14-21-15-24(18-3-2-4-20(26)13-18)29(28-21)22-5-8-25(9-6-22)31-11-12-32-25/h2-4,7,10,13,15-16,22H,5-6,8-9,11-12,14H2,1H3. The van der Waals surface area contributed by atoms with Gasteiger partial charge in [-0.3, -0.25) is 14.5 Å². The Kier molecular flexibility index (Phi) is 5.84. The van der Waals surface area contributed by atoms with Gasteiger partial charge in [-0.1, -0.05) is 23.7 Å². The van der Waals surface area contributed by atoms with Crippen LogP contribution in [0.25, 0.3) is 11.3 Å². The zero-order chi connectivity index (χ0) is 22.1. The Morgan fingerprint density at radius 1 is 1.19 bits per heavy atom. The van der Waals surface area contributed by atoms with Crippen LogP contribution in [0, 0.1) is 0 Å². The van der Waals surface area contributed by atoms with Crippen LogP contribution in [0.15, 0.2) is 48.8 Å². The summed E-state index contributed by atoms with van der Waals surface area (Å²) in [6.45, 7) is 2.93. The maximum Gasteiger partial charge on any atom is 0.168 e. The monoisotopic (exact) mass is 451 g/mol. The van der Waals surface area contributed by atoms with Crippen molar-refractivity contribution in [2.75, 3.05) is 13.2 Å². The van der Waals surface area contributed by atoms with Gasteiger partial charge in [0.05, 0.1) is 30.6 Å². The SMILES string of the molecule is CC(=O)c1ccncc1Cc1cc(-c2cccc(Cl)c2)n(C2CCC3(CC2)OCCO3)n1. The van der Waals surface area contributed by atoms with Gasteiger partial charge in [-0.05, 0) is 49.6 Å². The summed E-state index contributed by atoms with van der Waals surface area (Å²) >= 11 is 6.30. The molecule has 0 atom stereocenters. The van der Waals surface area contributed by atoms with Crippen molar-refractivity contribution in [3.8, 4) is 11.3 Å². The molecule has 2 aromatic heterocycles. The Bertz CT molecular complexity index is 1130. The van der Waals surface area contributed by atoms with Crippen molar-refractivity contribution >= 4 is 17.4 Å². The summed E-state index contributed by atoms with van der Waals surface area (Å²) in [5.41, 5.74) is 4.55. The fourth-order valence-corrected chi connectivity index (χ4v) is 5.04. The van der Waals surface area contributed by atoms with Crippen molar-refractivity contribution in [3.05, 3.63) is 70.6 Å². The van der Waals surface area contributed by atoms with Gasteiger partial charge in [0.15, 0.2) is 11.6 Å². The van der Waals surface area contributed by atoms with Crippen LogP contribution in [-0.2, 0) is 15.9 Å². The molecule has 0 bridgehead atoms. The summed E-state index contributed by atoms with van der Waals surface area (Å²) in [4.78, 5) is 16.3. The van der Waals surface area contributed by atoms with Crippen LogP contribution in [0.1, 0.15) is 60.3 Å². The molecule has 1 aliphatic carbocycles. The summed E-state index contributed by atoms with van der Waals surface area (Å²) < 4.78 is 13.9. The minimum Gasteiger partial charge on any atom is -0.348 e. The van der Waals surface area contributed by atoms with Crippen LogP contribution < -0.4 is 0 Å². The Hall–Kier alpha value is -2.54. The number of aromatic nitrogens is 3. The molecule has 1 spiro atoms. The average molecular weight is 452 g/mol. The molecule has 166 valence electrons. The molecular weight excluding hydrogens is 426 g/mol. The van der Waals surface area contributed by atoms with Gasteiger partial charge in [-0.25, -0.2) is 0 Å². The lowest BCUT2D eigenvalue weighted by molar-refractivity contribution is -0.181. The summed E-state index contributed by atoms with van der Waals surface area (Å²) in [5.74, 6) is -0.375. The second-order valence-electron chi connectivity index (χ2n) is 8.58. The molecule has 7 heteroatoms. The van der Waals surface area contributed by atoms with Crippen LogP contribution in [0.3, 0.4) is 0 Å². The third kappa shape index (κ3) is 4.22. The van der Waals surface area contributed by atoms with Crippen molar-refractivity contribution in [1.82, 2.24) is 14.8 Å². The van der Waals surface area contributed by atoms with E-state index in [4.69, 9.17) is 26.2 Å². The van der Waals surface area contributed by atoms with E-state index in [-0.39, 0.29) is 11.8 Å². The molecule has 0 N–H and O–H groups in total. The quantitative estimate of drug-likeness (QED) is 0.495. The molecule has 5 rings (SSSR count). The number of nitrogens with zero attached hydrogens (tertiary/aromatic N) is 3. The van der Waals surface area contributed by atoms with Gasteiger partial charge in [0, 0.05) is 47.8 Å². The third-order valence-corrected chi connectivity index (χ3v) is 6.67. The molecular formula is C25H26ClN3O3. The van der Waals surface area contributed by atoms with Crippen molar-refractivity contribution in [2.45, 2.75) is 50.9 Å². The summed E-state index contributed by atoms with van der Waals surface area (Å²) in [7, 11) is 0. The van der Waals surface area contributed by atoms with Gasteiger partial charge in [-0.2, -0.15) is 5.10 Å². The molecule has 3 aromatic rings. The molecule has 1 saturated heterocycles. The van der Waals surface area contributed by atoms with Gasteiger partial charge >= 0.3 is 0 Å². The summed E-state index contributed by atoms with van der Waals surface area (Å²) in [6.07, 6.45) is 7.54. The van der Waals surface area contributed by atoms with Crippen LogP contribution in [-0.4, -0.2) is 39.5 Å². The Balaban J connectivity index is 1.48. The van der Waals surface area contributed by atoms with Crippen LogP contribution in [0.2, 0.25) is 5.02 Å². The van der Waals surface area contributed by atoms with Gasteiger partial charge in [0.1, 0.15) is 0 Å². The number of carbonyl (C=O) groups is 1. The highest BCUT2D eigenvalue weighted by Crippen LogP contribution is 2.41. The number of hydrogen-bond donors (Lipinski definition) is 0. The minimum absolute atomic E-state index is 0.0334. The van der Waals surface area contributed by atoms with E-state index in [1.165, 1.54) is 0 Å². The smallest absolute Gasteiger partial charge is 0.168 e. The number of halogens is 1. The highest BCUT2D eigenvalue weighted by molar-refractivity contribution is 6.30. The van der Waals surface area contributed by atoms with Crippen molar-refractivity contribution in [1.29, 1.82) is 0 Å². The van der Waals surface area contributed by atoms with E-state index in [1.807, 2.05) is 18.2 Å². The predicted molar refractivity (Wildman–Crippen MR) is 122 cm³/mol. The normalized spacial score (nSPS) is 18.3. The largest absolute Gasteiger partial charge is 0.348 e. The molecule has 6 nitrogen and oxygen atoms in total. The number of Topliss-reactive ketones (excluding diaryl/α,β-unsaturated/α-hetero) is 1. The fourth-order valence-electron chi connectivity index (χ4n) is 4.85. The lowest BCUT2D eigenvalue weighted by Gasteiger charge is -2.35. The molecule has 0 radical (unpaired) electrons. The maximum atomic E-state index is 12.1. The van der Waals surface area contributed by atoms with Crippen molar-refractivity contribution in [3.63, 3.8) is 0 Å². The number of carbonyl (C=O) groups excluding carboxylic acids is 1. The number of ketones is 1. The molecule has 0 amide bonds. The maximum absolute atomic E-state index is 12.1. The van der Waals surface area contributed by atoms with E-state index in [0.717, 1.165) is 48.2 Å².